The third kappa shape index (κ3) is 2.25. The van der Waals surface area contributed by atoms with Crippen LogP contribution in [-0.4, -0.2) is 44.0 Å². The summed E-state index contributed by atoms with van der Waals surface area (Å²) in [4.78, 5) is 2.24. The van der Waals surface area contributed by atoms with Crippen LogP contribution in [0.4, 0.5) is 0 Å². The molecule has 0 aliphatic carbocycles. The molecular formula is C11H20N4O. The zero-order chi connectivity index (χ0) is 11.7. The minimum atomic E-state index is -0.205. The number of aryl methyl sites for hydroxylation is 1. The maximum Gasteiger partial charge on any atom is 0.146 e. The van der Waals surface area contributed by atoms with Crippen LogP contribution in [0.2, 0.25) is 0 Å². The van der Waals surface area contributed by atoms with Crippen LogP contribution < -0.4 is 0 Å². The largest absolute Gasteiger partial charge is 0.392 e. The number of hydrogen-bond acceptors (Lipinski definition) is 4. The molecule has 1 aliphatic rings. The van der Waals surface area contributed by atoms with Gasteiger partial charge in [-0.1, -0.05) is 6.92 Å². The predicted octanol–water partition coefficient (Wildman–Crippen LogP) is 0.326. The standard InChI is InChI=1S/C11H20N4O/c1-8-4-5-15(6-10(8)16)7-11-13-12-9(2)14(11)3/h8,10,16H,4-7H2,1-3H3. The van der Waals surface area contributed by atoms with Crippen molar-refractivity contribution in [3.8, 4) is 0 Å². The average molecular weight is 224 g/mol. The Morgan fingerprint density at radius 1 is 1.44 bits per heavy atom. The van der Waals surface area contributed by atoms with E-state index in [1.807, 2.05) is 18.5 Å². The molecule has 2 atom stereocenters. The molecule has 0 bridgehead atoms. The first-order chi connectivity index (χ1) is 7.58. The molecule has 0 aromatic carbocycles. The van der Waals surface area contributed by atoms with Crippen LogP contribution in [0.3, 0.4) is 0 Å². The summed E-state index contributed by atoms with van der Waals surface area (Å²) in [7, 11) is 1.98. The van der Waals surface area contributed by atoms with Gasteiger partial charge < -0.3 is 9.67 Å². The highest BCUT2D eigenvalue weighted by molar-refractivity contribution is 4.93. The van der Waals surface area contributed by atoms with Crippen molar-refractivity contribution in [1.29, 1.82) is 0 Å². The summed E-state index contributed by atoms with van der Waals surface area (Å²) in [6.45, 7) is 6.61. The third-order valence-electron chi connectivity index (χ3n) is 3.55. The van der Waals surface area contributed by atoms with Crippen molar-refractivity contribution in [2.45, 2.75) is 32.9 Å². The van der Waals surface area contributed by atoms with Gasteiger partial charge in [0.25, 0.3) is 0 Å². The van der Waals surface area contributed by atoms with E-state index in [9.17, 15) is 5.11 Å². The fourth-order valence-electron chi connectivity index (χ4n) is 2.05. The van der Waals surface area contributed by atoms with Crippen molar-refractivity contribution in [3.05, 3.63) is 11.6 Å². The van der Waals surface area contributed by atoms with E-state index in [0.29, 0.717) is 5.92 Å². The summed E-state index contributed by atoms with van der Waals surface area (Å²) in [5.74, 6) is 2.32. The monoisotopic (exact) mass is 224 g/mol. The van der Waals surface area contributed by atoms with Gasteiger partial charge in [0.2, 0.25) is 0 Å². The third-order valence-corrected chi connectivity index (χ3v) is 3.55. The van der Waals surface area contributed by atoms with E-state index in [-0.39, 0.29) is 6.10 Å². The summed E-state index contributed by atoms with van der Waals surface area (Å²) in [6.07, 6.45) is 0.848. The minimum absolute atomic E-state index is 0.205. The van der Waals surface area contributed by atoms with E-state index in [4.69, 9.17) is 0 Å². The lowest BCUT2D eigenvalue weighted by molar-refractivity contribution is 0.0245. The van der Waals surface area contributed by atoms with Crippen LogP contribution in [0.15, 0.2) is 0 Å². The van der Waals surface area contributed by atoms with E-state index < -0.39 is 0 Å². The van der Waals surface area contributed by atoms with Gasteiger partial charge >= 0.3 is 0 Å². The maximum atomic E-state index is 9.82. The predicted molar refractivity (Wildman–Crippen MR) is 60.8 cm³/mol. The Bertz CT molecular complexity index is 363. The van der Waals surface area contributed by atoms with Gasteiger partial charge in [0, 0.05) is 13.6 Å². The van der Waals surface area contributed by atoms with Crippen molar-refractivity contribution in [2.75, 3.05) is 13.1 Å². The number of hydrogen-bond donors (Lipinski definition) is 1. The molecule has 1 aromatic heterocycles. The topological polar surface area (TPSA) is 54.2 Å². The lowest BCUT2D eigenvalue weighted by Crippen LogP contribution is -2.42. The second-order valence-corrected chi connectivity index (χ2v) is 4.79. The molecule has 2 heterocycles. The van der Waals surface area contributed by atoms with Crippen LogP contribution in [0, 0.1) is 12.8 Å². The molecule has 1 N–H and O–H groups in total. The Kier molecular flexibility index (Phi) is 3.25. The molecule has 90 valence electrons. The number of β-amino-alcohol motifs (C(OH)–C–C–N with tert-alkyl or cyclic N) is 1. The van der Waals surface area contributed by atoms with Crippen molar-refractivity contribution in [2.24, 2.45) is 13.0 Å². The van der Waals surface area contributed by atoms with E-state index in [1.165, 1.54) is 0 Å². The highest BCUT2D eigenvalue weighted by Gasteiger charge is 2.25. The SMILES string of the molecule is Cc1nnc(CN2CCC(C)C(O)C2)n1C. The molecule has 0 saturated carbocycles. The lowest BCUT2D eigenvalue weighted by Gasteiger charge is -2.33. The fraction of sp³-hybridized carbons (Fsp3) is 0.818. The lowest BCUT2D eigenvalue weighted by atomic mass is 9.96. The number of aromatic nitrogens is 3. The molecule has 2 rings (SSSR count). The Hall–Kier alpha value is -0.940. The normalized spacial score (nSPS) is 27.2. The number of aliphatic hydroxyl groups is 1. The van der Waals surface area contributed by atoms with Crippen LogP contribution in [0.1, 0.15) is 25.0 Å². The highest BCUT2D eigenvalue weighted by Crippen LogP contribution is 2.18. The van der Waals surface area contributed by atoms with Gasteiger partial charge in [0.05, 0.1) is 12.6 Å². The number of rotatable bonds is 2. The number of piperidine rings is 1. The molecule has 1 aromatic rings. The smallest absolute Gasteiger partial charge is 0.146 e. The van der Waals surface area contributed by atoms with Gasteiger partial charge in [-0.25, -0.2) is 0 Å². The van der Waals surface area contributed by atoms with E-state index in [0.717, 1.165) is 37.7 Å². The van der Waals surface area contributed by atoms with E-state index >= 15 is 0 Å². The van der Waals surface area contributed by atoms with Crippen molar-refractivity contribution in [3.63, 3.8) is 0 Å². The Morgan fingerprint density at radius 2 is 2.19 bits per heavy atom. The zero-order valence-electron chi connectivity index (χ0n) is 10.2. The molecule has 5 nitrogen and oxygen atoms in total. The zero-order valence-corrected chi connectivity index (χ0v) is 10.2. The second-order valence-electron chi connectivity index (χ2n) is 4.79. The molecule has 2 unspecified atom stereocenters. The van der Waals surface area contributed by atoms with Gasteiger partial charge in [-0.15, -0.1) is 10.2 Å². The summed E-state index contributed by atoms with van der Waals surface area (Å²) >= 11 is 0. The molecule has 1 fully saturated rings. The van der Waals surface area contributed by atoms with Crippen LogP contribution in [0.25, 0.3) is 0 Å². The summed E-state index contributed by atoms with van der Waals surface area (Å²) in [6, 6.07) is 0. The molecule has 16 heavy (non-hydrogen) atoms. The van der Waals surface area contributed by atoms with Crippen LogP contribution in [0.5, 0.6) is 0 Å². The van der Waals surface area contributed by atoms with Crippen molar-refractivity contribution < 1.29 is 5.11 Å². The quantitative estimate of drug-likeness (QED) is 0.786. The van der Waals surface area contributed by atoms with E-state index in [2.05, 4.69) is 22.0 Å². The molecule has 0 amide bonds. The molecule has 0 spiro atoms. The van der Waals surface area contributed by atoms with Gasteiger partial charge in [0.1, 0.15) is 11.6 Å². The van der Waals surface area contributed by atoms with Gasteiger partial charge in [0.15, 0.2) is 0 Å². The maximum absolute atomic E-state index is 9.82. The average Bonchev–Trinajstić information content (AvgIpc) is 2.55. The summed E-state index contributed by atoms with van der Waals surface area (Å²) < 4.78 is 2.00. The van der Waals surface area contributed by atoms with Gasteiger partial charge in [-0.3, -0.25) is 4.90 Å². The molecule has 1 aliphatic heterocycles. The first-order valence-corrected chi connectivity index (χ1v) is 5.83. The fourth-order valence-corrected chi connectivity index (χ4v) is 2.05. The Morgan fingerprint density at radius 3 is 2.75 bits per heavy atom. The Labute approximate surface area is 96.1 Å². The van der Waals surface area contributed by atoms with Crippen LogP contribution >= 0.6 is 0 Å². The van der Waals surface area contributed by atoms with Gasteiger partial charge in [-0.05, 0) is 25.8 Å². The Balaban J connectivity index is 1.98. The molecule has 5 heteroatoms. The van der Waals surface area contributed by atoms with Gasteiger partial charge in [-0.2, -0.15) is 0 Å². The van der Waals surface area contributed by atoms with Crippen molar-refractivity contribution >= 4 is 0 Å². The minimum Gasteiger partial charge on any atom is -0.392 e. The number of nitrogens with zero attached hydrogens (tertiary/aromatic N) is 4. The van der Waals surface area contributed by atoms with Crippen LogP contribution in [-0.2, 0) is 13.6 Å². The second kappa shape index (κ2) is 4.51. The molecule has 1 saturated heterocycles. The molecular weight excluding hydrogens is 204 g/mol. The number of likely N-dealkylation sites (tertiary alicyclic amines) is 1. The summed E-state index contributed by atoms with van der Waals surface area (Å²) in [5, 5.41) is 18.0. The number of aliphatic hydroxyl groups excluding tert-OH is 1. The van der Waals surface area contributed by atoms with E-state index in [1.54, 1.807) is 0 Å². The first-order valence-electron chi connectivity index (χ1n) is 5.83. The summed E-state index contributed by atoms with van der Waals surface area (Å²) in [5.41, 5.74) is 0. The molecule has 0 radical (unpaired) electrons. The first kappa shape index (κ1) is 11.5. The highest BCUT2D eigenvalue weighted by atomic mass is 16.3. The van der Waals surface area contributed by atoms with Crippen molar-refractivity contribution in [1.82, 2.24) is 19.7 Å².